The Morgan fingerprint density at radius 2 is 1.73 bits per heavy atom. The first-order chi connectivity index (χ1) is 14.4. The van der Waals surface area contributed by atoms with E-state index in [1.165, 1.54) is 6.07 Å². The fraction of sp³-hybridized carbons (Fsp3) is 0.240. The van der Waals surface area contributed by atoms with Crippen molar-refractivity contribution in [1.82, 2.24) is 0 Å². The van der Waals surface area contributed by atoms with Gasteiger partial charge in [0, 0.05) is 35.6 Å². The quantitative estimate of drug-likeness (QED) is 0.396. The Kier molecular flexibility index (Phi) is 4.03. The largest absolute Gasteiger partial charge is 0.461 e. The number of Topliss-reactive ketones (excluding diaryl/α,β-unsaturated/α-hetero) is 1. The predicted octanol–water partition coefficient (Wildman–Crippen LogP) is 5.92. The molecule has 3 aromatic carbocycles. The van der Waals surface area contributed by atoms with Crippen LogP contribution in [0.15, 0.2) is 72.0 Å². The van der Waals surface area contributed by atoms with Gasteiger partial charge in [-0.3, -0.25) is 14.9 Å². The molecule has 150 valence electrons. The van der Waals surface area contributed by atoms with Crippen LogP contribution in [0.4, 0.5) is 5.69 Å². The first-order valence-electron chi connectivity index (χ1n) is 10.0. The lowest BCUT2D eigenvalue weighted by atomic mass is 9.69. The molecule has 30 heavy (non-hydrogen) atoms. The number of rotatable bonds is 2. The average molecular weight is 399 g/mol. The maximum Gasteiger partial charge on any atom is 0.273 e. The van der Waals surface area contributed by atoms with Crippen molar-refractivity contribution in [3.05, 3.63) is 93.2 Å². The summed E-state index contributed by atoms with van der Waals surface area (Å²) in [5, 5.41) is 13.8. The van der Waals surface area contributed by atoms with Crippen molar-refractivity contribution >= 4 is 22.2 Å². The van der Waals surface area contributed by atoms with E-state index in [2.05, 4.69) is 0 Å². The van der Waals surface area contributed by atoms with Gasteiger partial charge >= 0.3 is 0 Å². The lowest BCUT2D eigenvalue weighted by Crippen LogP contribution is -2.33. The third-order valence-corrected chi connectivity index (χ3v) is 6.06. The lowest BCUT2D eigenvalue weighted by molar-refractivity contribution is -0.385. The minimum atomic E-state index is -0.528. The molecule has 0 fully saturated rings. The molecule has 1 aliphatic heterocycles. The predicted molar refractivity (Wildman–Crippen MR) is 115 cm³/mol. The Morgan fingerprint density at radius 3 is 2.53 bits per heavy atom. The van der Waals surface area contributed by atoms with Crippen molar-refractivity contribution < 1.29 is 14.5 Å². The molecule has 0 saturated heterocycles. The summed E-state index contributed by atoms with van der Waals surface area (Å²) in [5.74, 6) is 0.784. The number of allylic oxidation sites excluding steroid dienone is 2. The van der Waals surface area contributed by atoms with Crippen LogP contribution in [0.5, 0.6) is 5.75 Å². The van der Waals surface area contributed by atoms with Crippen LogP contribution in [-0.2, 0) is 4.79 Å². The van der Waals surface area contributed by atoms with Crippen LogP contribution in [-0.4, -0.2) is 10.7 Å². The molecule has 1 atom stereocenters. The van der Waals surface area contributed by atoms with Gasteiger partial charge in [-0.05, 0) is 22.3 Å². The summed E-state index contributed by atoms with van der Waals surface area (Å²) >= 11 is 0. The highest BCUT2D eigenvalue weighted by Crippen LogP contribution is 2.53. The van der Waals surface area contributed by atoms with E-state index < -0.39 is 5.92 Å². The van der Waals surface area contributed by atoms with Gasteiger partial charge in [-0.25, -0.2) is 0 Å². The molecule has 0 spiro atoms. The van der Waals surface area contributed by atoms with Crippen LogP contribution in [0.25, 0.3) is 10.8 Å². The first kappa shape index (κ1) is 18.6. The molecule has 3 aromatic rings. The summed E-state index contributed by atoms with van der Waals surface area (Å²) in [6.45, 7) is 4.10. The SMILES string of the molecule is CC1(C)CC(=O)C2=C(C1)Oc1ccc3ccccc3c1C2c1ccccc1[N+](=O)[O-]. The molecule has 0 radical (unpaired) electrons. The molecule has 1 aliphatic carbocycles. The molecular weight excluding hydrogens is 378 g/mol. The van der Waals surface area contributed by atoms with Gasteiger partial charge in [-0.15, -0.1) is 0 Å². The van der Waals surface area contributed by atoms with Gasteiger partial charge in [0.15, 0.2) is 5.78 Å². The summed E-state index contributed by atoms with van der Waals surface area (Å²) in [6.07, 6.45) is 1.02. The van der Waals surface area contributed by atoms with Crippen LogP contribution in [0.1, 0.15) is 43.7 Å². The monoisotopic (exact) mass is 399 g/mol. The summed E-state index contributed by atoms with van der Waals surface area (Å²) in [7, 11) is 0. The molecule has 1 unspecified atom stereocenters. The number of para-hydroxylation sites is 1. The van der Waals surface area contributed by atoms with E-state index in [1.807, 2.05) is 50.2 Å². The van der Waals surface area contributed by atoms with E-state index >= 15 is 0 Å². The molecule has 5 heteroatoms. The van der Waals surface area contributed by atoms with Gasteiger partial charge in [0.2, 0.25) is 0 Å². The van der Waals surface area contributed by atoms with Crippen molar-refractivity contribution in [2.45, 2.75) is 32.6 Å². The molecule has 0 N–H and O–H groups in total. The number of hydrogen-bond acceptors (Lipinski definition) is 4. The second kappa shape index (κ2) is 6.52. The molecule has 0 aromatic heterocycles. The Hall–Kier alpha value is -3.47. The fourth-order valence-electron chi connectivity index (χ4n) is 4.84. The highest BCUT2D eigenvalue weighted by Gasteiger charge is 2.44. The van der Waals surface area contributed by atoms with Gasteiger partial charge in [0.1, 0.15) is 11.5 Å². The van der Waals surface area contributed by atoms with Crippen LogP contribution in [0, 0.1) is 15.5 Å². The molecule has 0 bridgehead atoms. The normalized spacial score (nSPS) is 19.8. The van der Waals surface area contributed by atoms with Crippen LogP contribution in [0.3, 0.4) is 0 Å². The number of hydrogen-bond donors (Lipinski definition) is 0. The fourth-order valence-corrected chi connectivity index (χ4v) is 4.84. The number of carbonyl (C=O) groups excluding carboxylic acids is 1. The Bertz CT molecular complexity index is 1250. The van der Waals surface area contributed by atoms with E-state index in [1.54, 1.807) is 18.2 Å². The minimum absolute atomic E-state index is 0.00276. The standard InChI is InChI=1S/C25H21NO4/c1-25(2)13-19(27)24-21(14-25)30-20-12-11-15-7-3-4-8-16(15)22(20)23(24)17-9-5-6-10-18(17)26(28)29/h3-12,23H,13-14H2,1-2H3. The van der Waals surface area contributed by atoms with Crippen molar-refractivity contribution in [2.75, 3.05) is 0 Å². The van der Waals surface area contributed by atoms with Crippen LogP contribution in [0.2, 0.25) is 0 Å². The lowest BCUT2D eigenvalue weighted by Gasteiger charge is -2.38. The number of ketones is 1. The Balaban J connectivity index is 1.86. The zero-order valence-electron chi connectivity index (χ0n) is 16.8. The third-order valence-electron chi connectivity index (χ3n) is 6.06. The first-order valence-corrected chi connectivity index (χ1v) is 10.0. The highest BCUT2D eigenvalue weighted by atomic mass is 16.6. The topological polar surface area (TPSA) is 69.4 Å². The van der Waals surface area contributed by atoms with Crippen molar-refractivity contribution in [3.8, 4) is 5.75 Å². The molecule has 1 heterocycles. The number of nitrogens with zero attached hydrogens (tertiary/aromatic N) is 1. The highest BCUT2D eigenvalue weighted by molar-refractivity contribution is 6.02. The number of ether oxygens (including phenoxy) is 1. The summed E-state index contributed by atoms with van der Waals surface area (Å²) in [5.41, 5.74) is 1.73. The maximum absolute atomic E-state index is 13.3. The number of fused-ring (bicyclic) bond motifs is 3. The van der Waals surface area contributed by atoms with Gasteiger partial charge in [-0.1, -0.05) is 62.4 Å². The van der Waals surface area contributed by atoms with E-state index in [4.69, 9.17) is 4.74 Å². The number of benzene rings is 3. The Morgan fingerprint density at radius 1 is 1.00 bits per heavy atom. The van der Waals surface area contributed by atoms with Crippen molar-refractivity contribution in [1.29, 1.82) is 0 Å². The zero-order chi connectivity index (χ0) is 21.0. The van der Waals surface area contributed by atoms with Crippen LogP contribution >= 0.6 is 0 Å². The van der Waals surface area contributed by atoms with Crippen molar-refractivity contribution in [2.24, 2.45) is 5.41 Å². The molecule has 0 amide bonds. The number of nitro benzene ring substituents is 1. The summed E-state index contributed by atoms with van der Waals surface area (Å²) in [6, 6.07) is 18.5. The summed E-state index contributed by atoms with van der Waals surface area (Å²) in [4.78, 5) is 24.8. The Labute approximate surface area is 174 Å². The number of nitro groups is 1. The maximum atomic E-state index is 13.3. The molecule has 0 saturated carbocycles. The molecule has 2 aliphatic rings. The molecule has 5 nitrogen and oxygen atoms in total. The van der Waals surface area contributed by atoms with Crippen LogP contribution < -0.4 is 4.74 Å². The zero-order valence-corrected chi connectivity index (χ0v) is 16.8. The molecular formula is C25H21NO4. The van der Waals surface area contributed by atoms with E-state index in [0.717, 1.165) is 16.3 Å². The number of carbonyl (C=O) groups is 1. The van der Waals surface area contributed by atoms with Gasteiger partial charge < -0.3 is 4.74 Å². The molecule has 5 rings (SSSR count). The third kappa shape index (κ3) is 2.81. The van der Waals surface area contributed by atoms with E-state index in [-0.39, 0.29) is 21.8 Å². The van der Waals surface area contributed by atoms with E-state index in [0.29, 0.717) is 35.5 Å². The van der Waals surface area contributed by atoms with Crippen molar-refractivity contribution in [3.63, 3.8) is 0 Å². The van der Waals surface area contributed by atoms with Gasteiger partial charge in [-0.2, -0.15) is 0 Å². The summed E-state index contributed by atoms with van der Waals surface area (Å²) < 4.78 is 6.29. The second-order valence-corrected chi connectivity index (χ2v) is 8.83. The van der Waals surface area contributed by atoms with Gasteiger partial charge in [0.25, 0.3) is 5.69 Å². The minimum Gasteiger partial charge on any atom is -0.461 e. The smallest absolute Gasteiger partial charge is 0.273 e. The average Bonchev–Trinajstić information content (AvgIpc) is 2.71. The van der Waals surface area contributed by atoms with Gasteiger partial charge in [0.05, 0.1) is 10.8 Å². The second-order valence-electron chi connectivity index (χ2n) is 8.83. The van der Waals surface area contributed by atoms with E-state index in [9.17, 15) is 14.9 Å².